The van der Waals surface area contributed by atoms with E-state index >= 15 is 0 Å². The van der Waals surface area contributed by atoms with Crippen LogP contribution in [0.1, 0.15) is 43.6 Å². The summed E-state index contributed by atoms with van der Waals surface area (Å²) in [5.41, 5.74) is 0.573. The second-order valence-corrected chi connectivity index (χ2v) is 6.33. The fourth-order valence-electron chi connectivity index (χ4n) is 2.97. The van der Waals surface area contributed by atoms with Crippen molar-refractivity contribution in [2.75, 3.05) is 5.33 Å². The van der Waals surface area contributed by atoms with Gasteiger partial charge >= 0.3 is 6.08 Å². The van der Waals surface area contributed by atoms with Crippen LogP contribution in [-0.2, 0) is 0 Å². The first kappa shape index (κ1) is 17.3. The molecule has 0 saturated heterocycles. The lowest BCUT2D eigenvalue weighted by atomic mass is 9.78. The van der Waals surface area contributed by atoms with Crippen molar-refractivity contribution in [3.63, 3.8) is 0 Å². The molecule has 0 amide bonds. The normalized spacial score (nSPS) is 21.5. The number of ether oxygens (including phenoxy) is 1. The molecule has 0 aliphatic heterocycles. The molecule has 0 atom stereocenters. The maximum atomic E-state index is 13.9. The first-order chi connectivity index (χ1) is 10.5. The second kappa shape index (κ2) is 7.99. The molecule has 1 aliphatic rings. The third kappa shape index (κ3) is 4.48. The predicted molar refractivity (Wildman–Crippen MR) is 80.4 cm³/mol. The van der Waals surface area contributed by atoms with Gasteiger partial charge in [0.15, 0.2) is 23.6 Å². The minimum Gasteiger partial charge on any atom is -0.453 e. The number of hydrogen-bond donors (Lipinski definition) is 0. The maximum Gasteiger partial charge on any atom is 0.305 e. The van der Waals surface area contributed by atoms with Crippen molar-refractivity contribution in [3.8, 4) is 5.75 Å². The molecule has 1 saturated carbocycles. The molecule has 22 heavy (non-hydrogen) atoms. The summed E-state index contributed by atoms with van der Waals surface area (Å²) in [4.78, 5) is 0. The molecule has 0 aromatic heterocycles. The van der Waals surface area contributed by atoms with Gasteiger partial charge in [-0.05, 0) is 61.6 Å². The Morgan fingerprint density at radius 3 is 2.23 bits per heavy atom. The molecular formula is C16H17BrF4O. The average molecular weight is 381 g/mol. The lowest BCUT2D eigenvalue weighted by molar-refractivity contribution is 0.318. The van der Waals surface area contributed by atoms with E-state index in [1.54, 1.807) is 0 Å². The Hall–Kier alpha value is -1.04. The maximum absolute atomic E-state index is 13.9. The highest BCUT2D eigenvalue weighted by molar-refractivity contribution is 9.09. The molecule has 1 aromatic rings. The molecule has 0 radical (unpaired) electrons. The largest absolute Gasteiger partial charge is 0.453 e. The summed E-state index contributed by atoms with van der Waals surface area (Å²) in [6.07, 6.45) is 2.84. The minimum absolute atomic E-state index is 0.0344. The zero-order chi connectivity index (χ0) is 16.1. The lowest BCUT2D eigenvalue weighted by Gasteiger charge is -2.28. The zero-order valence-electron chi connectivity index (χ0n) is 11.9. The Morgan fingerprint density at radius 1 is 1.14 bits per heavy atom. The molecule has 1 aliphatic carbocycles. The van der Waals surface area contributed by atoms with Gasteiger partial charge in [-0.3, -0.25) is 0 Å². The van der Waals surface area contributed by atoms with Crippen LogP contribution in [0.2, 0.25) is 0 Å². The summed E-state index contributed by atoms with van der Waals surface area (Å²) < 4.78 is 56.0. The van der Waals surface area contributed by atoms with Crippen LogP contribution in [0.25, 0.3) is 0 Å². The van der Waals surface area contributed by atoms with E-state index < -0.39 is 23.5 Å². The Balaban J connectivity index is 2.09. The van der Waals surface area contributed by atoms with Gasteiger partial charge in [-0.25, -0.2) is 8.78 Å². The van der Waals surface area contributed by atoms with Gasteiger partial charge in [0.05, 0.1) is 0 Å². The molecule has 0 spiro atoms. The van der Waals surface area contributed by atoms with Gasteiger partial charge in [0.1, 0.15) is 0 Å². The number of alkyl halides is 1. The smallest absolute Gasteiger partial charge is 0.305 e. The van der Waals surface area contributed by atoms with Gasteiger partial charge in [-0.1, -0.05) is 15.9 Å². The van der Waals surface area contributed by atoms with Crippen LogP contribution < -0.4 is 4.74 Å². The van der Waals surface area contributed by atoms with Crippen molar-refractivity contribution >= 4 is 15.9 Å². The molecular weight excluding hydrogens is 364 g/mol. The van der Waals surface area contributed by atoms with Crippen molar-refractivity contribution in [2.24, 2.45) is 5.92 Å². The zero-order valence-corrected chi connectivity index (χ0v) is 13.5. The number of rotatable bonds is 5. The molecule has 1 fully saturated rings. The summed E-state index contributed by atoms with van der Waals surface area (Å²) in [5, 5.41) is 0.969. The van der Waals surface area contributed by atoms with Crippen LogP contribution in [0.4, 0.5) is 17.6 Å². The van der Waals surface area contributed by atoms with Gasteiger partial charge in [0.2, 0.25) is 0 Å². The van der Waals surface area contributed by atoms with Crippen LogP contribution >= 0.6 is 15.9 Å². The van der Waals surface area contributed by atoms with E-state index in [1.807, 2.05) is 0 Å². The minimum atomic E-state index is -2.15. The monoisotopic (exact) mass is 380 g/mol. The summed E-state index contributed by atoms with van der Waals surface area (Å²) in [5.74, 6) is -1.92. The molecule has 1 nitrogen and oxygen atoms in total. The lowest BCUT2D eigenvalue weighted by Crippen LogP contribution is -2.14. The molecule has 0 heterocycles. The Morgan fingerprint density at radius 2 is 1.73 bits per heavy atom. The first-order valence-corrected chi connectivity index (χ1v) is 8.36. The fraction of sp³-hybridized carbons (Fsp3) is 0.500. The van der Waals surface area contributed by atoms with E-state index in [0.29, 0.717) is 11.5 Å². The summed E-state index contributed by atoms with van der Waals surface area (Å²) >= 11 is 3.43. The summed E-state index contributed by atoms with van der Waals surface area (Å²) in [6, 6.07) is 2.38. The molecule has 1 aromatic carbocycles. The van der Waals surface area contributed by atoms with Crippen molar-refractivity contribution in [2.45, 2.75) is 38.0 Å². The fourth-order valence-corrected chi connectivity index (χ4v) is 3.62. The third-order valence-corrected chi connectivity index (χ3v) is 4.58. The van der Waals surface area contributed by atoms with Gasteiger partial charge in [-0.2, -0.15) is 8.78 Å². The molecule has 122 valence electrons. The molecule has 6 heteroatoms. The number of benzene rings is 1. The first-order valence-electron chi connectivity index (χ1n) is 7.24. The van der Waals surface area contributed by atoms with Crippen LogP contribution in [0.5, 0.6) is 5.75 Å². The molecule has 0 unspecified atom stereocenters. The molecule has 2 rings (SSSR count). The Bertz CT molecular complexity index is 512. The van der Waals surface area contributed by atoms with Crippen molar-refractivity contribution < 1.29 is 22.3 Å². The van der Waals surface area contributed by atoms with Gasteiger partial charge in [-0.15, -0.1) is 0 Å². The van der Waals surface area contributed by atoms with Gasteiger partial charge < -0.3 is 4.74 Å². The topological polar surface area (TPSA) is 9.23 Å². The van der Waals surface area contributed by atoms with Crippen LogP contribution in [0, 0.1) is 17.6 Å². The SMILES string of the molecule is FC(F)=COc1c(F)cc(C2CCC(CCBr)CC2)cc1F. The van der Waals surface area contributed by atoms with E-state index in [-0.39, 0.29) is 12.2 Å². The van der Waals surface area contributed by atoms with Gasteiger partial charge in [0.25, 0.3) is 0 Å². The Kier molecular flexibility index (Phi) is 6.29. The predicted octanol–water partition coefficient (Wildman–Crippen LogP) is 6.14. The van der Waals surface area contributed by atoms with E-state index in [1.165, 1.54) is 12.1 Å². The van der Waals surface area contributed by atoms with E-state index in [4.69, 9.17) is 0 Å². The molecule has 0 N–H and O–H groups in total. The van der Waals surface area contributed by atoms with Crippen molar-refractivity contribution in [1.82, 2.24) is 0 Å². The van der Waals surface area contributed by atoms with E-state index in [0.717, 1.165) is 37.4 Å². The van der Waals surface area contributed by atoms with Crippen LogP contribution in [0.15, 0.2) is 24.5 Å². The van der Waals surface area contributed by atoms with Crippen LogP contribution in [-0.4, -0.2) is 5.33 Å². The van der Waals surface area contributed by atoms with Crippen molar-refractivity contribution in [1.29, 1.82) is 0 Å². The van der Waals surface area contributed by atoms with E-state index in [9.17, 15) is 17.6 Å². The third-order valence-electron chi connectivity index (χ3n) is 4.12. The second-order valence-electron chi connectivity index (χ2n) is 5.53. The van der Waals surface area contributed by atoms with Crippen molar-refractivity contribution in [3.05, 3.63) is 41.7 Å². The van der Waals surface area contributed by atoms with Crippen LogP contribution in [0.3, 0.4) is 0 Å². The molecule has 0 bridgehead atoms. The highest BCUT2D eigenvalue weighted by Gasteiger charge is 2.24. The number of hydrogen-bond acceptors (Lipinski definition) is 1. The van der Waals surface area contributed by atoms with Gasteiger partial charge in [0, 0.05) is 5.33 Å². The van der Waals surface area contributed by atoms with E-state index in [2.05, 4.69) is 20.7 Å². The number of halogens is 5. The highest BCUT2D eigenvalue weighted by Crippen LogP contribution is 2.39. The quantitative estimate of drug-likeness (QED) is 0.338. The average Bonchev–Trinajstić information content (AvgIpc) is 2.47. The Labute approximate surface area is 135 Å². The summed E-state index contributed by atoms with van der Waals surface area (Å²) in [6.45, 7) is 0. The summed E-state index contributed by atoms with van der Waals surface area (Å²) in [7, 11) is 0. The standard InChI is InChI=1S/C16H17BrF4O/c17-6-5-10-1-3-11(4-2-10)12-7-13(18)16(14(19)8-12)22-9-15(20)21/h7-11H,1-6H2. The highest BCUT2D eigenvalue weighted by atomic mass is 79.9.